The molecule has 20 heavy (non-hydrogen) atoms. The second-order valence-corrected chi connectivity index (χ2v) is 9.15. The summed E-state index contributed by atoms with van der Waals surface area (Å²) in [6.07, 6.45) is 2.52. The van der Waals surface area contributed by atoms with E-state index in [1.54, 1.807) is 7.05 Å². The van der Waals surface area contributed by atoms with Crippen LogP contribution in [0.2, 0.25) is 0 Å². The molecule has 0 bridgehead atoms. The first kappa shape index (κ1) is 17.3. The lowest BCUT2D eigenvalue weighted by atomic mass is 10.4. The fourth-order valence-corrected chi connectivity index (χ4v) is 4.64. The van der Waals surface area contributed by atoms with Gasteiger partial charge in [-0.2, -0.15) is 0 Å². The number of pyridine rings is 1. The number of halogens is 1. The first-order chi connectivity index (χ1) is 9.05. The fourth-order valence-electron chi connectivity index (χ4n) is 1.63. The van der Waals surface area contributed by atoms with Crippen LogP contribution in [0.3, 0.4) is 0 Å². The molecule has 1 aromatic heterocycles. The van der Waals surface area contributed by atoms with Crippen molar-refractivity contribution in [2.75, 3.05) is 24.4 Å². The van der Waals surface area contributed by atoms with Crippen LogP contribution in [0, 0.1) is 0 Å². The molecule has 0 aliphatic rings. The summed E-state index contributed by atoms with van der Waals surface area (Å²) < 4.78 is 49.7. The summed E-state index contributed by atoms with van der Waals surface area (Å²) in [5.74, 6) is -0.0880. The largest absolute Gasteiger partial charge is 0.372 e. The standard InChI is InChI=1S/C10H16BrN3O4S2/c1-7(6-19(3,15)16)14-20(17,18)9-4-8(11)5-13-10(9)12-2/h4-5,7,14H,6H2,1-3H3,(H,12,13). The lowest BCUT2D eigenvalue weighted by molar-refractivity contribution is 0.564. The average molecular weight is 386 g/mol. The van der Waals surface area contributed by atoms with Gasteiger partial charge in [-0.25, -0.2) is 26.5 Å². The van der Waals surface area contributed by atoms with Crippen LogP contribution in [0.1, 0.15) is 6.92 Å². The van der Waals surface area contributed by atoms with Gasteiger partial charge in [0.2, 0.25) is 10.0 Å². The van der Waals surface area contributed by atoms with Crippen LogP contribution < -0.4 is 10.0 Å². The molecule has 0 aliphatic heterocycles. The molecule has 0 saturated carbocycles. The second kappa shape index (κ2) is 6.37. The van der Waals surface area contributed by atoms with Crippen LogP contribution >= 0.6 is 15.9 Å². The molecular formula is C10H16BrN3O4S2. The van der Waals surface area contributed by atoms with E-state index in [0.29, 0.717) is 4.47 Å². The van der Waals surface area contributed by atoms with Gasteiger partial charge in [0.15, 0.2) is 0 Å². The van der Waals surface area contributed by atoms with Crippen molar-refractivity contribution in [2.24, 2.45) is 0 Å². The van der Waals surface area contributed by atoms with Gasteiger partial charge < -0.3 is 5.32 Å². The summed E-state index contributed by atoms with van der Waals surface area (Å²) in [5, 5.41) is 2.68. The van der Waals surface area contributed by atoms with E-state index >= 15 is 0 Å². The monoisotopic (exact) mass is 385 g/mol. The van der Waals surface area contributed by atoms with E-state index in [2.05, 4.69) is 31.0 Å². The molecule has 1 unspecified atom stereocenters. The Morgan fingerprint density at radius 1 is 1.35 bits per heavy atom. The molecule has 2 N–H and O–H groups in total. The highest BCUT2D eigenvalue weighted by Gasteiger charge is 2.23. The summed E-state index contributed by atoms with van der Waals surface area (Å²) in [6.45, 7) is 1.49. The van der Waals surface area contributed by atoms with Crippen molar-refractivity contribution in [3.8, 4) is 0 Å². The van der Waals surface area contributed by atoms with Gasteiger partial charge in [-0.05, 0) is 28.9 Å². The number of sulfone groups is 1. The number of nitrogens with zero attached hydrogens (tertiary/aromatic N) is 1. The highest BCUT2D eigenvalue weighted by Crippen LogP contribution is 2.22. The SMILES string of the molecule is CNc1ncc(Br)cc1S(=O)(=O)NC(C)CS(C)(=O)=O. The van der Waals surface area contributed by atoms with Crippen LogP contribution in [-0.4, -0.2) is 46.9 Å². The zero-order valence-corrected chi connectivity index (χ0v) is 14.4. The van der Waals surface area contributed by atoms with E-state index < -0.39 is 25.9 Å². The predicted octanol–water partition coefficient (Wildman–Crippen LogP) is 0.597. The first-order valence-corrected chi connectivity index (χ1v) is 9.92. The Bertz CT molecular complexity index is 688. The molecule has 0 aliphatic carbocycles. The third-order valence-corrected chi connectivity index (χ3v) is 5.40. The number of hydrogen-bond donors (Lipinski definition) is 2. The van der Waals surface area contributed by atoms with Gasteiger partial charge in [-0.1, -0.05) is 0 Å². The van der Waals surface area contributed by atoms with Gasteiger partial charge in [0.1, 0.15) is 20.6 Å². The molecular weight excluding hydrogens is 370 g/mol. The average Bonchev–Trinajstić information content (AvgIpc) is 2.25. The molecule has 0 fully saturated rings. The molecule has 10 heteroatoms. The minimum atomic E-state index is -3.87. The van der Waals surface area contributed by atoms with Crippen molar-refractivity contribution in [2.45, 2.75) is 17.9 Å². The molecule has 1 aromatic rings. The van der Waals surface area contributed by atoms with E-state index in [-0.39, 0.29) is 16.5 Å². The third kappa shape index (κ3) is 5.00. The fraction of sp³-hybridized carbons (Fsp3) is 0.500. The summed E-state index contributed by atoms with van der Waals surface area (Å²) in [4.78, 5) is 3.90. The highest BCUT2D eigenvalue weighted by molar-refractivity contribution is 9.10. The Morgan fingerprint density at radius 2 is 1.95 bits per heavy atom. The summed E-state index contributed by atoms with van der Waals surface area (Å²) in [5.41, 5.74) is 0. The topological polar surface area (TPSA) is 105 Å². The van der Waals surface area contributed by atoms with Gasteiger partial charge in [0.25, 0.3) is 0 Å². The van der Waals surface area contributed by atoms with Crippen molar-refractivity contribution >= 4 is 41.6 Å². The number of rotatable bonds is 6. The number of hydrogen-bond acceptors (Lipinski definition) is 6. The van der Waals surface area contributed by atoms with Crippen molar-refractivity contribution in [1.29, 1.82) is 0 Å². The Hall–Kier alpha value is -0.710. The van der Waals surface area contributed by atoms with Gasteiger partial charge in [-0.3, -0.25) is 0 Å². The minimum Gasteiger partial charge on any atom is -0.372 e. The van der Waals surface area contributed by atoms with Crippen molar-refractivity contribution in [3.05, 3.63) is 16.7 Å². The first-order valence-electron chi connectivity index (χ1n) is 5.58. The second-order valence-electron chi connectivity index (χ2n) is 4.37. The molecule has 1 heterocycles. The smallest absolute Gasteiger partial charge is 0.244 e. The Balaban J connectivity index is 3.08. The number of aromatic nitrogens is 1. The predicted molar refractivity (Wildman–Crippen MR) is 81.0 cm³/mol. The Kier molecular flexibility index (Phi) is 5.53. The number of anilines is 1. The van der Waals surface area contributed by atoms with Crippen molar-refractivity contribution in [1.82, 2.24) is 9.71 Å². The van der Waals surface area contributed by atoms with Gasteiger partial charge >= 0.3 is 0 Å². The van der Waals surface area contributed by atoms with Crippen LogP contribution in [0.4, 0.5) is 5.82 Å². The van der Waals surface area contributed by atoms with Crippen molar-refractivity contribution < 1.29 is 16.8 Å². The van der Waals surface area contributed by atoms with Crippen molar-refractivity contribution in [3.63, 3.8) is 0 Å². The Labute approximate surface area is 127 Å². The van der Waals surface area contributed by atoms with Gasteiger partial charge in [-0.15, -0.1) is 0 Å². The van der Waals surface area contributed by atoms with E-state index in [1.807, 2.05) is 0 Å². The maximum absolute atomic E-state index is 12.3. The molecule has 0 amide bonds. The maximum Gasteiger partial charge on any atom is 0.244 e. The van der Waals surface area contributed by atoms with E-state index in [0.717, 1.165) is 6.26 Å². The molecule has 1 atom stereocenters. The zero-order chi connectivity index (χ0) is 15.6. The van der Waals surface area contributed by atoms with Gasteiger partial charge in [0, 0.05) is 30.0 Å². The quantitative estimate of drug-likeness (QED) is 0.742. The lowest BCUT2D eigenvalue weighted by Crippen LogP contribution is -2.37. The zero-order valence-electron chi connectivity index (χ0n) is 11.2. The number of sulfonamides is 1. The number of nitrogens with one attached hydrogen (secondary N) is 2. The third-order valence-electron chi connectivity index (χ3n) is 2.25. The van der Waals surface area contributed by atoms with E-state index in [1.165, 1.54) is 19.2 Å². The van der Waals surface area contributed by atoms with Crippen LogP contribution in [0.25, 0.3) is 0 Å². The molecule has 0 saturated heterocycles. The normalized spacial score (nSPS) is 14.0. The molecule has 0 spiro atoms. The van der Waals surface area contributed by atoms with E-state index in [9.17, 15) is 16.8 Å². The molecule has 114 valence electrons. The molecule has 0 radical (unpaired) electrons. The minimum absolute atomic E-state index is 0.0465. The lowest BCUT2D eigenvalue weighted by Gasteiger charge is -2.15. The van der Waals surface area contributed by atoms with Crippen LogP contribution in [0.15, 0.2) is 21.6 Å². The van der Waals surface area contributed by atoms with E-state index in [4.69, 9.17) is 0 Å². The van der Waals surface area contributed by atoms with Gasteiger partial charge in [0.05, 0.1) is 5.75 Å². The van der Waals surface area contributed by atoms with Crippen LogP contribution in [0.5, 0.6) is 0 Å². The molecule has 0 aromatic carbocycles. The Morgan fingerprint density at radius 3 is 2.45 bits per heavy atom. The maximum atomic E-state index is 12.3. The highest BCUT2D eigenvalue weighted by atomic mass is 79.9. The molecule has 1 rings (SSSR count). The summed E-state index contributed by atoms with van der Waals surface area (Å²) in [7, 11) is -5.59. The summed E-state index contributed by atoms with van der Waals surface area (Å²) in [6, 6.07) is 0.660. The summed E-state index contributed by atoms with van der Waals surface area (Å²) >= 11 is 3.15. The van der Waals surface area contributed by atoms with Crippen LogP contribution in [-0.2, 0) is 19.9 Å². The molecule has 7 nitrogen and oxygen atoms in total.